The van der Waals surface area contributed by atoms with E-state index in [0.717, 1.165) is 0 Å². The first-order valence-electron chi connectivity index (χ1n) is 14.7. The number of benzene rings is 1. The van der Waals surface area contributed by atoms with Crippen LogP contribution in [0, 0.1) is 5.92 Å². The number of nitrogens with two attached hydrogens (primary N) is 2. The molecule has 5 atom stereocenters. The monoisotopic (exact) mass is 631 g/mol. The minimum Gasteiger partial charge on any atom is -0.508 e. The van der Waals surface area contributed by atoms with Crippen molar-refractivity contribution in [2.75, 3.05) is 32.7 Å². The number of nitrogens with zero attached hydrogens (tertiary/aromatic N) is 2. The number of amides is 6. The number of hydrogen-bond acceptors (Lipinski definition) is 10. The zero-order valence-electron chi connectivity index (χ0n) is 25.1. The third-order valence-corrected chi connectivity index (χ3v) is 7.76. The number of phenolic OH excluding ortho intramolecular Hbond substituents is 1. The molecule has 2 fully saturated rings. The molecule has 6 amide bonds. The molecule has 2 heterocycles. The van der Waals surface area contributed by atoms with E-state index < -0.39 is 77.9 Å². The number of phenols is 1. The van der Waals surface area contributed by atoms with E-state index in [1.165, 1.54) is 28.9 Å². The molecule has 0 aromatic heterocycles. The summed E-state index contributed by atoms with van der Waals surface area (Å²) in [7, 11) is 0. The van der Waals surface area contributed by atoms with Crippen molar-refractivity contribution in [3.05, 3.63) is 29.8 Å². The molecule has 2 aliphatic heterocycles. The lowest BCUT2D eigenvalue weighted by Gasteiger charge is -2.33. The second kappa shape index (κ2) is 15.9. The number of aliphatic hydroxyl groups is 1. The van der Waals surface area contributed by atoms with Crippen LogP contribution in [0.3, 0.4) is 0 Å². The van der Waals surface area contributed by atoms with Crippen molar-refractivity contribution < 1.29 is 43.8 Å². The number of ketones is 1. The summed E-state index contributed by atoms with van der Waals surface area (Å²) in [4.78, 5) is 90.5. The maximum absolute atomic E-state index is 13.7. The van der Waals surface area contributed by atoms with Crippen molar-refractivity contribution in [1.29, 1.82) is 0 Å². The molecule has 0 bridgehead atoms. The number of aliphatic hydroxyl groups excluding tert-OH is 1. The van der Waals surface area contributed by atoms with Gasteiger partial charge >= 0.3 is 0 Å². The van der Waals surface area contributed by atoms with Gasteiger partial charge in [-0.05, 0) is 30.5 Å². The molecular weight excluding hydrogens is 590 g/mol. The van der Waals surface area contributed by atoms with E-state index in [0.29, 0.717) is 18.4 Å². The van der Waals surface area contributed by atoms with Gasteiger partial charge < -0.3 is 47.4 Å². The first-order valence-corrected chi connectivity index (χ1v) is 14.7. The van der Waals surface area contributed by atoms with Crippen molar-refractivity contribution in [2.24, 2.45) is 17.4 Å². The fraction of sp³-hybridized carbons (Fsp3) is 0.552. The highest BCUT2D eigenvalue weighted by Crippen LogP contribution is 2.26. The summed E-state index contributed by atoms with van der Waals surface area (Å²) in [6.45, 7) is 0.416. The number of Topliss-reactive ketones (excluding diaryl/α,β-unsaturated/α-hetero) is 1. The zero-order chi connectivity index (χ0) is 33.3. The van der Waals surface area contributed by atoms with Crippen LogP contribution < -0.4 is 27.4 Å². The quantitative estimate of drug-likeness (QED) is 0.107. The van der Waals surface area contributed by atoms with Crippen molar-refractivity contribution in [3.8, 4) is 5.75 Å². The summed E-state index contributed by atoms with van der Waals surface area (Å²) in [5.74, 6) is -4.78. The van der Waals surface area contributed by atoms with Crippen molar-refractivity contribution in [1.82, 2.24) is 25.8 Å². The average molecular weight is 632 g/mol. The minimum atomic E-state index is -1.10. The predicted molar refractivity (Wildman–Crippen MR) is 158 cm³/mol. The maximum atomic E-state index is 13.7. The Hall–Kier alpha value is -4.57. The smallest absolute Gasteiger partial charge is 0.246 e. The summed E-state index contributed by atoms with van der Waals surface area (Å²) < 4.78 is 0. The zero-order valence-corrected chi connectivity index (χ0v) is 25.1. The second-order valence-corrected chi connectivity index (χ2v) is 11.3. The molecule has 246 valence electrons. The third-order valence-electron chi connectivity index (χ3n) is 7.76. The molecule has 0 aliphatic carbocycles. The van der Waals surface area contributed by atoms with Crippen LogP contribution >= 0.6 is 0 Å². The van der Waals surface area contributed by atoms with Gasteiger partial charge in [0.2, 0.25) is 35.4 Å². The van der Waals surface area contributed by atoms with Gasteiger partial charge in [0.25, 0.3) is 0 Å². The normalized spacial score (nSPS) is 20.6. The SMILES string of the molecule is CC(CC(=O)CNC(=O)C1CC(O)CN1C(=O)C1CCCN1C(=O)[C@@H](Cc1ccc(O)cc1)NC(=O)CN)C(=O)NCC(N)=O. The van der Waals surface area contributed by atoms with Gasteiger partial charge in [0.05, 0.1) is 25.7 Å². The summed E-state index contributed by atoms with van der Waals surface area (Å²) in [5, 5.41) is 27.3. The standard InChI is InChI=1S/C29H41N7O9/c1-16(26(42)33-14-24(31)40)9-19(38)13-32-27(43)23-11-20(39)15-36(23)29(45)22-3-2-8-35(22)28(44)21(34-25(41)12-30)10-17-4-6-18(37)7-5-17/h4-7,16,20-23,37,39H,2-3,8-15,30H2,1H3,(H2,31,40)(H,32,43)(H,33,42)(H,34,41)/t16?,20?,21-,22?,23?/m1/s1. The van der Waals surface area contributed by atoms with Crippen LogP contribution in [-0.2, 0) is 40.0 Å². The van der Waals surface area contributed by atoms with Gasteiger partial charge in [-0.2, -0.15) is 0 Å². The van der Waals surface area contributed by atoms with Crippen molar-refractivity contribution in [2.45, 2.75) is 63.3 Å². The van der Waals surface area contributed by atoms with Crippen molar-refractivity contribution in [3.63, 3.8) is 0 Å². The van der Waals surface area contributed by atoms with Crippen LogP contribution in [-0.4, -0.2) is 118 Å². The molecule has 45 heavy (non-hydrogen) atoms. The molecule has 2 saturated heterocycles. The number of carbonyl (C=O) groups excluding carboxylic acids is 7. The van der Waals surface area contributed by atoms with Crippen LogP contribution in [0.4, 0.5) is 0 Å². The summed E-state index contributed by atoms with van der Waals surface area (Å²) in [6.07, 6.45) is -0.427. The number of rotatable bonds is 14. The number of hydrogen-bond donors (Lipinski definition) is 7. The molecule has 4 unspecified atom stereocenters. The van der Waals surface area contributed by atoms with E-state index in [1.807, 2.05) is 0 Å². The molecule has 16 heteroatoms. The van der Waals surface area contributed by atoms with Gasteiger partial charge in [-0.25, -0.2) is 0 Å². The van der Waals surface area contributed by atoms with Crippen LogP contribution in [0.5, 0.6) is 5.75 Å². The van der Waals surface area contributed by atoms with E-state index in [1.54, 1.807) is 12.1 Å². The lowest BCUT2D eigenvalue weighted by atomic mass is 10.0. The summed E-state index contributed by atoms with van der Waals surface area (Å²) in [6, 6.07) is 3.02. The van der Waals surface area contributed by atoms with Crippen LogP contribution in [0.2, 0.25) is 0 Å². The minimum absolute atomic E-state index is 0.0348. The number of carbonyl (C=O) groups is 7. The van der Waals surface area contributed by atoms with E-state index in [4.69, 9.17) is 11.5 Å². The van der Waals surface area contributed by atoms with Gasteiger partial charge in [-0.3, -0.25) is 33.6 Å². The number of likely N-dealkylation sites (tertiary alicyclic amines) is 2. The van der Waals surface area contributed by atoms with Gasteiger partial charge in [0.15, 0.2) is 5.78 Å². The predicted octanol–water partition coefficient (Wildman–Crippen LogP) is -3.36. The lowest BCUT2D eigenvalue weighted by Crippen LogP contribution is -2.57. The Bertz CT molecular complexity index is 1290. The Morgan fingerprint density at radius 3 is 2.33 bits per heavy atom. The molecule has 9 N–H and O–H groups in total. The molecule has 3 rings (SSSR count). The first-order chi connectivity index (χ1) is 21.3. The average Bonchev–Trinajstić information content (AvgIpc) is 3.65. The third kappa shape index (κ3) is 9.71. The molecule has 0 spiro atoms. The lowest BCUT2D eigenvalue weighted by molar-refractivity contribution is -0.148. The highest BCUT2D eigenvalue weighted by atomic mass is 16.3. The number of nitrogens with one attached hydrogen (secondary N) is 3. The Balaban J connectivity index is 1.65. The van der Waals surface area contributed by atoms with E-state index in [9.17, 15) is 43.8 Å². The van der Waals surface area contributed by atoms with Crippen LogP contribution in [0.15, 0.2) is 24.3 Å². The van der Waals surface area contributed by atoms with Gasteiger partial charge in [-0.15, -0.1) is 0 Å². The molecule has 0 saturated carbocycles. The maximum Gasteiger partial charge on any atom is 0.246 e. The van der Waals surface area contributed by atoms with Crippen LogP contribution in [0.25, 0.3) is 0 Å². The Labute approximate surface area is 259 Å². The first kappa shape index (κ1) is 34.9. The van der Waals surface area contributed by atoms with Gasteiger partial charge in [0.1, 0.15) is 23.9 Å². The summed E-state index contributed by atoms with van der Waals surface area (Å²) >= 11 is 0. The number of aromatic hydroxyl groups is 1. The summed E-state index contributed by atoms with van der Waals surface area (Å²) in [5.41, 5.74) is 11.1. The van der Waals surface area contributed by atoms with E-state index >= 15 is 0 Å². The largest absolute Gasteiger partial charge is 0.508 e. The molecule has 16 nitrogen and oxygen atoms in total. The van der Waals surface area contributed by atoms with Crippen molar-refractivity contribution >= 4 is 41.2 Å². The Morgan fingerprint density at radius 2 is 1.69 bits per heavy atom. The highest BCUT2D eigenvalue weighted by molar-refractivity contribution is 5.96. The van der Waals surface area contributed by atoms with E-state index in [2.05, 4.69) is 16.0 Å². The van der Waals surface area contributed by atoms with Gasteiger partial charge in [0, 0.05) is 38.3 Å². The fourth-order valence-corrected chi connectivity index (χ4v) is 5.46. The molecule has 0 radical (unpaired) electrons. The Morgan fingerprint density at radius 1 is 1.00 bits per heavy atom. The van der Waals surface area contributed by atoms with Crippen LogP contribution in [0.1, 0.15) is 38.2 Å². The topological polar surface area (TPSA) is 255 Å². The highest BCUT2D eigenvalue weighted by Gasteiger charge is 2.45. The van der Waals surface area contributed by atoms with E-state index in [-0.39, 0.29) is 51.2 Å². The number of β-amino-alcohol motifs (C(OH)–C–C–N with tert-alkyl or cyclic N) is 1. The fourth-order valence-electron chi connectivity index (χ4n) is 5.46. The Kier molecular flexibility index (Phi) is 12.4. The molecule has 2 aliphatic rings. The second-order valence-electron chi connectivity index (χ2n) is 11.3. The van der Waals surface area contributed by atoms with Gasteiger partial charge in [-0.1, -0.05) is 19.1 Å². The molecule has 1 aromatic rings. The molecule has 1 aromatic carbocycles. The number of primary amides is 1. The molecular formula is C29H41N7O9.